The Bertz CT molecular complexity index is 1090. The number of likely N-dealkylation sites (N-methyl/N-ethyl adjacent to an activating group) is 1. The van der Waals surface area contributed by atoms with Gasteiger partial charge in [0.2, 0.25) is 5.91 Å². The number of fused-ring (bicyclic) bond motifs is 1. The number of aromatic nitrogens is 1. The molecule has 4 rings (SSSR count). The maximum Gasteiger partial charge on any atom is 0.239 e. The minimum absolute atomic E-state index is 0.0233. The molecule has 1 heterocycles. The fourth-order valence-corrected chi connectivity index (χ4v) is 4.67. The first-order valence-electron chi connectivity index (χ1n) is 11.2. The van der Waals surface area contributed by atoms with Gasteiger partial charge in [-0.2, -0.15) is 5.26 Å². The Morgan fingerprint density at radius 1 is 1.16 bits per heavy atom. The third-order valence-electron chi connectivity index (χ3n) is 6.39. The van der Waals surface area contributed by atoms with Crippen LogP contribution in [0.4, 0.5) is 0 Å². The van der Waals surface area contributed by atoms with Gasteiger partial charge in [0.1, 0.15) is 6.54 Å². The molecule has 0 saturated heterocycles. The van der Waals surface area contributed by atoms with Crippen LogP contribution in [0, 0.1) is 11.3 Å². The zero-order valence-electron chi connectivity index (χ0n) is 18.2. The average molecular weight is 415 g/mol. The van der Waals surface area contributed by atoms with Crippen molar-refractivity contribution in [2.24, 2.45) is 0 Å². The van der Waals surface area contributed by atoms with Crippen LogP contribution in [0.5, 0.6) is 0 Å². The summed E-state index contributed by atoms with van der Waals surface area (Å²) in [5.74, 6) is 0.0233. The second-order valence-electron chi connectivity index (χ2n) is 8.50. The standard InChI is InChI=1S/C26H30N4O/c1-29(23-10-3-2-4-11-23)16-14-28-25(31)19-30-15-13-21-8-6-12-24(26(21)30)22-9-5-7-20(17-22)18-27/h5-9,12-13,15,17,23H,2-4,10-11,14,16,19H2,1H3,(H,28,31). The van der Waals surface area contributed by atoms with Gasteiger partial charge in [-0.15, -0.1) is 0 Å². The molecule has 0 unspecified atom stereocenters. The Morgan fingerprint density at radius 2 is 1.97 bits per heavy atom. The molecule has 1 aliphatic carbocycles. The Labute approximate surface area is 184 Å². The molecule has 0 bridgehead atoms. The first-order valence-corrected chi connectivity index (χ1v) is 11.2. The van der Waals surface area contributed by atoms with Crippen LogP contribution in [-0.2, 0) is 11.3 Å². The highest BCUT2D eigenvalue weighted by molar-refractivity contribution is 5.95. The zero-order valence-corrected chi connectivity index (χ0v) is 18.2. The van der Waals surface area contributed by atoms with E-state index in [2.05, 4.69) is 29.4 Å². The van der Waals surface area contributed by atoms with E-state index in [0.717, 1.165) is 28.6 Å². The van der Waals surface area contributed by atoms with Crippen LogP contribution in [0.15, 0.2) is 54.7 Å². The van der Waals surface area contributed by atoms with Crippen LogP contribution >= 0.6 is 0 Å². The fraction of sp³-hybridized carbons (Fsp3) is 0.385. The molecule has 0 spiro atoms. The van der Waals surface area contributed by atoms with Crippen molar-refractivity contribution in [1.29, 1.82) is 5.26 Å². The second kappa shape index (κ2) is 9.80. The predicted octanol–water partition coefficient (Wildman–Crippen LogP) is 4.56. The van der Waals surface area contributed by atoms with Crippen LogP contribution in [0.25, 0.3) is 22.0 Å². The van der Waals surface area contributed by atoms with Gasteiger partial charge >= 0.3 is 0 Å². The van der Waals surface area contributed by atoms with Gasteiger partial charge < -0.3 is 14.8 Å². The topological polar surface area (TPSA) is 61.1 Å². The lowest BCUT2D eigenvalue weighted by atomic mass is 9.94. The molecule has 1 amide bonds. The van der Waals surface area contributed by atoms with Crippen molar-refractivity contribution in [2.45, 2.75) is 44.7 Å². The number of rotatable bonds is 7. The molecule has 2 aromatic carbocycles. The van der Waals surface area contributed by atoms with Crippen molar-refractivity contribution in [2.75, 3.05) is 20.1 Å². The van der Waals surface area contributed by atoms with E-state index in [4.69, 9.17) is 0 Å². The summed E-state index contributed by atoms with van der Waals surface area (Å²) in [5, 5.41) is 13.4. The second-order valence-corrected chi connectivity index (χ2v) is 8.50. The van der Waals surface area contributed by atoms with Gasteiger partial charge in [-0.3, -0.25) is 4.79 Å². The van der Waals surface area contributed by atoms with Crippen molar-refractivity contribution < 1.29 is 4.79 Å². The van der Waals surface area contributed by atoms with Crippen molar-refractivity contribution in [3.63, 3.8) is 0 Å². The van der Waals surface area contributed by atoms with Crippen LogP contribution < -0.4 is 5.32 Å². The molecule has 5 heteroatoms. The van der Waals surface area contributed by atoms with E-state index in [9.17, 15) is 10.1 Å². The highest BCUT2D eigenvalue weighted by atomic mass is 16.1. The van der Waals surface area contributed by atoms with Crippen molar-refractivity contribution in [3.8, 4) is 17.2 Å². The maximum atomic E-state index is 12.7. The van der Waals surface area contributed by atoms with Crippen molar-refractivity contribution in [1.82, 2.24) is 14.8 Å². The molecule has 160 valence electrons. The number of amides is 1. The van der Waals surface area contributed by atoms with Gasteiger partial charge in [-0.05, 0) is 43.7 Å². The lowest BCUT2D eigenvalue weighted by Crippen LogP contribution is -2.40. The van der Waals surface area contributed by atoms with Crippen molar-refractivity contribution in [3.05, 3.63) is 60.3 Å². The Balaban J connectivity index is 1.43. The number of carbonyl (C=O) groups excluding carboxylic acids is 1. The molecule has 0 atom stereocenters. The van der Waals surface area contributed by atoms with E-state index in [1.54, 1.807) is 6.07 Å². The molecule has 3 aromatic rings. The minimum Gasteiger partial charge on any atom is -0.353 e. The SMILES string of the molecule is CN(CCNC(=O)Cn1ccc2cccc(-c3cccc(C#N)c3)c21)C1CCCCC1. The summed E-state index contributed by atoms with van der Waals surface area (Å²) in [6.45, 7) is 1.84. The van der Waals surface area contributed by atoms with Gasteiger partial charge in [0.15, 0.2) is 0 Å². The summed E-state index contributed by atoms with van der Waals surface area (Å²) in [6.07, 6.45) is 8.51. The van der Waals surface area contributed by atoms with E-state index < -0.39 is 0 Å². The summed E-state index contributed by atoms with van der Waals surface area (Å²) in [4.78, 5) is 15.1. The van der Waals surface area contributed by atoms with E-state index in [0.29, 0.717) is 18.2 Å². The monoisotopic (exact) mass is 414 g/mol. The number of nitrogens with zero attached hydrogens (tertiary/aromatic N) is 3. The quantitative estimate of drug-likeness (QED) is 0.616. The summed E-state index contributed by atoms with van der Waals surface area (Å²) in [5.41, 5.74) is 3.67. The summed E-state index contributed by atoms with van der Waals surface area (Å²) in [6, 6.07) is 18.6. The molecule has 31 heavy (non-hydrogen) atoms. The van der Waals surface area contributed by atoms with Gasteiger partial charge in [-0.25, -0.2) is 0 Å². The first kappa shape index (κ1) is 21.1. The Kier molecular flexibility index (Phi) is 6.69. The van der Waals surface area contributed by atoms with E-state index >= 15 is 0 Å². The highest BCUT2D eigenvalue weighted by Crippen LogP contribution is 2.30. The highest BCUT2D eigenvalue weighted by Gasteiger charge is 2.18. The zero-order chi connectivity index (χ0) is 21.6. The molecule has 1 N–H and O–H groups in total. The minimum atomic E-state index is 0.0233. The Hall–Kier alpha value is -3.10. The molecular formula is C26H30N4O. The smallest absolute Gasteiger partial charge is 0.239 e. The van der Waals surface area contributed by atoms with E-state index in [1.807, 2.05) is 47.2 Å². The normalized spacial score (nSPS) is 14.6. The maximum absolute atomic E-state index is 12.7. The Morgan fingerprint density at radius 3 is 2.77 bits per heavy atom. The van der Waals surface area contributed by atoms with Gasteiger partial charge in [0.05, 0.1) is 17.1 Å². The molecule has 5 nitrogen and oxygen atoms in total. The van der Waals surface area contributed by atoms with Gasteiger partial charge in [0.25, 0.3) is 0 Å². The van der Waals surface area contributed by atoms with E-state index in [1.165, 1.54) is 32.1 Å². The third-order valence-corrected chi connectivity index (χ3v) is 6.39. The van der Waals surface area contributed by atoms with Gasteiger partial charge in [-0.1, -0.05) is 49.6 Å². The molecule has 0 radical (unpaired) electrons. The molecule has 1 fully saturated rings. The number of hydrogen-bond acceptors (Lipinski definition) is 3. The van der Waals surface area contributed by atoms with Crippen LogP contribution in [0.3, 0.4) is 0 Å². The number of carbonyl (C=O) groups is 1. The number of para-hydroxylation sites is 1. The predicted molar refractivity (Wildman–Crippen MR) is 125 cm³/mol. The summed E-state index contributed by atoms with van der Waals surface area (Å²) < 4.78 is 2.00. The lowest BCUT2D eigenvalue weighted by molar-refractivity contribution is -0.121. The summed E-state index contributed by atoms with van der Waals surface area (Å²) in [7, 11) is 2.17. The fourth-order valence-electron chi connectivity index (χ4n) is 4.67. The molecule has 0 aliphatic heterocycles. The molecule has 1 aromatic heterocycles. The molecular weight excluding hydrogens is 384 g/mol. The van der Waals surface area contributed by atoms with E-state index in [-0.39, 0.29) is 12.5 Å². The van der Waals surface area contributed by atoms with Crippen LogP contribution in [-0.4, -0.2) is 41.6 Å². The lowest BCUT2D eigenvalue weighted by Gasteiger charge is -2.31. The third kappa shape index (κ3) is 4.98. The van der Waals surface area contributed by atoms with Gasteiger partial charge in [0, 0.05) is 36.3 Å². The van der Waals surface area contributed by atoms with Crippen LogP contribution in [0.2, 0.25) is 0 Å². The number of hydrogen-bond donors (Lipinski definition) is 1. The number of nitrogens with one attached hydrogen (secondary N) is 1. The first-order chi connectivity index (χ1) is 15.2. The molecule has 1 saturated carbocycles. The van der Waals surface area contributed by atoms with Crippen molar-refractivity contribution >= 4 is 16.8 Å². The largest absolute Gasteiger partial charge is 0.353 e. The number of benzene rings is 2. The molecule has 1 aliphatic rings. The number of nitriles is 1. The van der Waals surface area contributed by atoms with Crippen LogP contribution in [0.1, 0.15) is 37.7 Å². The average Bonchev–Trinajstić information content (AvgIpc) is 3.22. The summed E-state index contributed by atoms with van der Waals surface area (Å²) >= 11 is 0.